The number of ether oxygens (including phenoxy) is 2. The molecule has 0 aliphatic carbocycles. The van der Waals surface area contributed by atoms with Crippen LogP contribution in [0.15, 0.2) is 18.3 Å². The highest BCUT2D eigenvalue weighted by Gasteiger charge is 2.24. The second kappa shape index (κ2) is 7.87. The molecule has 0 amide bonds. The maximum Gasteiger partial charge on any atom is 0.0891 e. The van der Waals surface area contributed by atoms with E-state index < -0.39 is 0 Å². The van der Waals surface area contributed by atoms with Gasteiger partial charge in [-0.05, 0) is 38.3 Å². The number of pyridine rings is 1. The summed E-state index contributed by atoms with van der Waals surface area (Å²) in [5, 5.41) is 3.39. The average molecular weight is 292 g/mol. The zero-order chi connectivity index (χ0) is 15.2. The van der Waals surface area contributed by atoms with Gasteiger partial charge in [-0.1, -0.05) is 19.9 Å². The Bertz CT molecular complexity index is 409. The fraction of sp³-hybridized carbons (Fsp3) is 0.706. The quantitative estimate of drug-likeness (QED) is 0.875. The third kappa shape index (κ3) is 5.73. The summed E-state index contributed by atoms with van der Waals surface area (Å²) in [5.41, 5.74) is 2.20. The average Bonchev–Trinajstić information content (AvgIpc) is 2.43. The summed E-state index contributed by atoms with van der Waals surface area (Å²) in [6, 6.07) is 4.67. The largest absolute Gasteiger partial charge is 0.375 e. The minimum atomic E-state index is 0.285. The summed E-state index contributed by atoms with van der Waals surface area (Å²) < 4.78 is 11.7. The van der Waals surface area contributed by atoms with Crippen molar-refractivity contribution in [3.05, 3.63) is 29.6 Å². The van der Waals surface area contributed by atoms with Crippen LogP contribution in [0.1, 0.15) is 51.8 Å². The normalized spacial score (nSPS) is 26.2. The van der Waals surface area contributed by atoms with Crippen LogP contribution in [0.3, 0.4) is 0 Å². The molecule has 2 heterocycles. The summed E-state index contributed by atoms with van der Waals surface area (Å²) in [7, 11) is 0. The van der Waals surface area contributed by atoms with Gasteiger partial charge >= 0.3 is 0 Å². The van der Waals surface area contributed by atoms with Crippen molar-refractivity contribution in [3.8, 4) is 0 Å². The van der Waals surface area contributed by atoms with E-state index in [1.165, 1.54) is 5.56 Å². The molecule has 0 saturated carbocycles. The number of nitrogens with zero attached hydrogens (tertiary/aromatic N) is 1. The monoisotopic (exact) mass is 292 g/mol. The molecule has 0 spiro atoms. The first-order chi connectivity index (χ1) is 10.0. The van der Waals surface area contributed by atoms with Crippen molar-refractivity contribution in [2.45, 2.75) is 78.0 Å². The lowest BCUT2D eigenvalue weighted by atomic mass is 10.0. The molecule has 0 radical (unpaired) electrons. The first-order valence-corrected chi connectivity index (χ1v) is 7.97. The molecule has 0 aromatic carbocycles. The zero-order valence-electron chi connectivity index (χ0n) is 13.6. The van der Waals surface area contributed by atoms with E-state index in [9.17, 15) is 0 Å². The molecule has 2 unspecified atom stereocenters. The third-order valence-electron chi connectivity index (χ3n) is 3.72. The Morgan fingerprint density at radius 1 is 1.29 bits per heavy atom. The Balaban J connectivity index is 1.78. The summed E-state index contributed by atoms with van der Waals surface area (Å²) in [5.74, 6) is 0. The molecular formula is C17H28N2O2. The molecule has 21 heavy (non-hydrogen) atoms. The third-order valence-corrected chi connectivity index (χ3v) is 3.72. The van der Waals surface area contributed by atoms with Crippen molar-refractivity contribution in [1.82, 2.24) is 10.3 Å². The number of rotatable bonds is 6. The maximum absolute atomic E-state index is 5.99. The van der Waals surface area contributed by atoms with Crippen LogP contribution in [0.25, 0.3) is 0 Å². The van der Waals surface area contributed by atoms with Gasteiger partial charge in [0.15, 0.2) is 0 Å². The Morgan fingerprint density at radius 2 is 2.00 bits per heavy atom. The number of nitrogens with one attached hydrogen (secondary N) is 1. The van der Waals surface area contributed by atoms with E-state index in [1.807, 2.05) is 6.20 Å². The van der Waals surface area contributed by atoms with Crippen molar-refractivity contribution in [2.24, 2.45) is 0 Å². The van der Waals surface area contributed by atoms with Crippen LogP contribution in [0.2, 0.25) is 0 Å². The lowest BCUT2D eigenvalue weighted by Gasteiger charge is -2.31. The van der Waals surface area contributed by atoms with E-state index >= 15 is 0 Å². The van der Waals surface area contributed by atoms with Gasteiger partial charge in [0.1, 0.15) is 0 Å². The fourth-order valence-electron chi connectivity index (χ4n) is 2.65. The van der Waals surface area contributed by atoms with E-state index in [0.717, 1.165) is 25.1 Å². The number of hydrogen-bond donors (Lipinski definition) is 1. The molecule has 118 valence electrons. The van der Waals surface area contributed by atoms with Crippen LogP contribution >= 0.6 is 0 Å². The molecule has 1 aliphatic heterocycles. The fourth-order valence-corrected chi connectivity index (χ4v) is 2.65. The molecule has 1 saturated heterocycles. The predicted octanol–water partition coefficient (Wildman–Crippen LogP) is 3.05. The van der Waals surface area contributed by atoms with Gasteiger partial charge in [0.25, 0.3) is 0 Å². The molecule has 1 aliphatic rings. The number of hydrogen-bond acceptors (Lipinski definition) is 4. The van der Waals surface area contributed by atoms with Crippen LogP contribution in [-0.4, -0.2) is 29.3 Å². The predicted molar refractivity (Wildman–Crippen MR) is 84.0 cm³/mol. The van der Waals surface area contributed by atoms with E-state index in [2.05, 4.69) is 50.1 Å². The Labute approximate surface area is 128 Å². The molecule has 1 aromatic rings. The van der Waals surface area contributed by atoms with Crippen molar-refractivity contribution >= 4 is 0 Å². The van der Waals surface area contributed by atoms with Crippen LogP contribution in [0.4, 0.5) is 0 Å². The van der Waals surface area contributed by atoms with Gasteiger partial charge in [-0.15, -0.1) is 0 Å². The van der Waals surface area contributed by atoms with Crippen LogP contribution < -0.4 is 5.32 Å². The van der Waals surface area contributed by atoms with Crippen LogP contribution in [0, 0.1) is 0 Å². The molecule has 1 fully saturated rings. The van der Waals surface area contributed by atoms with Crippen molar-refractivity contribution in [2.75, 3.05) is 0 Å². The first-order valence-electron chi connectivity index (χ1n) is 7.97. The number of aromatic nitrogens is 1. The molecule has 1 N–H and O–H groups in total. The standard InChI is InChI=1S/C17H28N2O2/c1-12(2)18-9-15-5-6-16(19-10-15)11-20-17-7-13(3)21-14(4)8-17/h5-6,10,12-14,17-18H,7-9,11H2,1-4H3. The maximum atomic E-state index is 5.99. The zero-order valence-corrected chi connectivity index (χ0v) is 13.6. The minimum absolute atomic E-state index is 0.285. The van der Waals surface area contributed by atoms with Gasteiger partial charge in [-0.3, -0.25) is 4.98 Å². The molecule has 1 aromatic heterocycles. The molecule has 0 bridgehead atoms. The summed E-state index contributed by atoms with van der Waals surface area (Å²) in [6.45, 7) is 9.96. The highest BCUT2D eigenvalue weighted by molar-refractivity contribution is 5.13. The highest BCUT2D eigenvalue weighted by Crippen LogP contribution is 2.22. The Morgan fingerprint density at radius 3 is 2.57 bits per heavy atom. The van der Waals surface area contributed by atoms with E-state index in [-0.39, 0.29) is 18.3 Å². The van der Waals surface area contributed by atoms with Crippen LogP contribution in [-0.2, 0) is 22.6 Å². The topological polar surface area (TPSA) is 43.4 Å². The Kier molecular flexibility index (Phi) is 6.15. The van der Waals surface area contributed by atoms with Gasteiger partial charge in [-0.2, -0.15) is 0 Å². The van der Waals surface area contributed by atoms with Gasteiger partial charge in [0, 0.05) is 18.8 Å². The second-order valence-corrected chi connectivity index (χ2v) is 6.36. The van der Waals surface area contributed by atoms with E-state index in [1.54, 1.807) is 0 Å². The SMILES string of the molecule is CC(C)NCc1ccc(COC2CC(C)OC(C)C2)nc1. The molecule has 4 nitrogen and oxygen atoms in total. The van der Waals surface area contributed by atoms with Crippen LogP contribution in [0.5, 0.6) is 0 Å². The van der Waals surface area contributed by atoms with Gasteiger partial charge in [0.05, 0.1) is 30.6 Å². The smallest absolute Gasteiger partial charge is 0.0891 e. The molecule has 2 rings (SSSR count). The lowest BCUT2D eigenvalue weighted by molar-refractivity contribution is -0.106. The van der Waals surface area contributed by atoms with Crippen molar-refractivity contribution < 1.29 is 9.47 Å². The molecule has 2 atom stereocenters. The molecular weight excluding hydrogens is 264 g/mol. The van der Waals surface area contributed by atoms with Gasteiger partial charge in [0.2, 0.25) is 0 Å². The summed E-state index contributed by atoms with van der Waals surface area (Å²) in [4.78, 5) is 4.48. The Hall–Kier alpha value is -0.970. The van der Waals surface area contributed by atoms with Crippen molar-refractivity contribution in [1.29, 1.82) is 0 Å². The minimum Gasteiger partial charge on any atom is -0.375 e. The first kappa shape index (κ1) is 16.4. The summed E-state index contributed by atoms with van der Waals surface area (Å²) in [6.07, 6.45) is 4.74. The van der Waals surface area contributed by atoms with E-state index in [0.29, 0.717) is 12.6 Å². The van der Waals surface area contributed by atoms with Crippen molar-refractivity contribution in [3.63, 3.8) is 0 Å². The second-order valence-electron chi connectivity index (χ2n) is 6.36. The van der Waals surface area contributed by atoms with E-state index in [4.69, 9.17) is 9.47 Å². The van der Waals surface area contributed by atoms with Gasteiger partial charge in [-0.25, -0.2) is 0 Å². The summed E-state index contributed by atoms with van der Waals surface area (Å²) >= 11 is 0. The molecule has 4 heteroatoms. The highest BCUT2D eigenvalue weighted by atomic mass is 16.5. The lowest BCUT2D eigenvalue weighted by Crippen LogP contribution is -2.34. The van der Waals surface area contributed by atoms with Gasteiger partial charge < -0.3 is 14.8 Å².